The van der Waals surface area contributed by atoms with Crippen LogP contribution in [0.15, 0.2) is 43.0 Å². The molecule has 0 amide bonds. The molecule has 0 fully saturated rings. The molecule has 1 unspecified atom stereocenters. The lowest BCUT2D eigenvalue weighted by atomic mass is 10.2. The van der Waals surface area contributed by atoms with Crippen molar-refractivity contribution in [3.05, 3.63) is 54.3 Å². The molecule has 3 aromatic rings. The Balaban J connectivity index is 2.03. The van der Waals surface area contributed by atoms with Gasteiger partial charge in [0.15, 0.2) is 0 Å². The Morgan fingerprint density at radius 1 is 1.21 bits per heavy atom. The van der Waals surface area contributed by atoms with Crippen molar-refractivity contribution in [2.24, 2.45) is 5.73 Å². The van der Waals surface area contributed by atoms with Gasteiger partial charge in [0.05, 0.1) is 9.83 Å². The molecule has 0 aliphatic rings. The van der Waals surface area contributed by atoms with Gasteiger partial charge < -0.3 is 10.2 Å². The number of benzene rings is 1. The van der Waals surface area contributed by atoms with Crippen LogP contribution in [0.2, 0.25) is 5.02 Å². The SMILES string of the molecule is NC(c1cc2cc(Cl)ccc2o1)c1cc(Br)c(Br)s1. The highest BCUT2D eigenvalue weighted by Gasteiger charge is 2.17. The first kappa shape index (κ1) is 13.6. The predicted molar refractivity (Wildman–Crippen MR) is 87.0 cm³/mol. The summed E-state index contributed by atoms with van der Waals surface area (Å²) in [5.41, 5.74) is 7.04. The first-order chi connectivity index (χ1) is 9.04. The number of halogens is 3. The van der Waals surface area contributed by atoms with E-state index in [0.29, 0.717) is 5.02 Å². The molecule has 0 bridgehead atoms. The van der Waals surface area contributed by atoms with Gasteiger partial charge in [0.1, 0.15) is 11.3 Å². The van der Waals surface area contributed by atoms with Gasteiger partial charge in [-0.25, -0.2) is 0 Å². The Labute approximate surface area is 135 Å². The average Bonchev–Trinajstić information content (AvgIpc) is 2.92. The molecule has 1 aromatic carbocycles. The van der Waals surface area contributed by atoms with Crippen LogP contribution in [0.1, 0.15) is 16.7 Å². The van der Waals surface area contributed by atoms with Crippen LogP contribution in [0.4, 0.5) is 0 Å². The maximum Gasteiger partial charge on any atom is 0.134 e. The summed E-state index contributed by atoms with van der Waals surface area (Å²) in [6.07, 6.45) is 0. The van der Waals surface area contributed by atoms with E-state index in [1.54, 1.807) is 17.4 Å². The molecule has 0 saturated carbocycles. The molecule has 3 rings (SSSR count). The van der Waals surface area contributed by atoms with E-state index in [4.69, 9.17) is 21.8 Å². The number of thiophene rings is 1. The normalized spacial score (nSPS) is 13.1. The third-order valence-electron chi connectivity index (χ3n) is 2.77. The third-order valence-corrected chi connectivity index (χ3v) is 6.35. The van der Waals surface area contributed by atoms with E-state index in [1.165, 1.54) is 0 Å². The van der Waals surface area contributed by atoms with Crippen LogP contribution in [0.3, 0.4) is 0 Å². The highest BCUT2D eigenvalue weighted by atomic mass is 79.9. The van der Waals surface area contributed by atoms with Gasteiger partial charge in [-0.3, -0.25) is 0 Å². The minimum atomic E-state index is -0.279. The standard InChI is InChI=1S/C13H8Br2ClNOS/c14-8-5-11(19-13(8)15)12(17)10-4-6-3-7(16)1-2-9(6)18-10/h1-5,12H,17H2. The summed E-state index contributed by atoms with van der Waals surface area (Å²) in [5, 5.41) is 1.66. The lowest BCUT2D eigenvalue weighted by Gasteiger charge is -2.04. The van der Waals surface area contributed by atoms with Gasteiger partial charge in [0.2, 0.25) is 0 Å². The van der Waals surface area contributed by atoms with E-state index in [9.17, 15) is 0 Å². The average molecular weight is 422 g/mol. The van der Waals surface area contributed by atoms with Gasteiger partial charge >= 0.3 is 0 Å². The summed E-state index contributed by atoms with van der Waals surface area (Å²) in [4.78, 5) is 1.03. The monoisotopic (exact) mass is 419 g/mol. The molecule has 1 atom stereocenters. The number of fused-ring (bicyclic) bond motifs is 1. The fourth-order valence-corrected chi connectivity index (χ4v) is 4.12. The van der Waals surface area contributed by atoms with Crippen molar-refractivity contribution in [3.8, 4) is 0 Å². The van der Waals surface area contributed by atoms with E-state index in [1.807, 2.05) is 24.3 Å². The van der Waals surface area contributed by atoms with Crippen molar-refractivity contribution < 1.29 is 4.42 Å². The Bertz CT molecular complexity index is 733. The van der Waals surface area contributed by atoms with Gasteiger partial charge in [-0.05, 0) is 62.2 Å². The summed E-state index contributed by atoms with van der Waals surface area (Å²) in [6.45, 7) is 0. The van der Waals surface area contributed by atoms with Crippen molar-refractivity contribution in [1.29, 1.82) is 0 Å². The lowest BCUT2D eigenvalue weighted by molar-refractivity contribution is 0.528. The molecule has 0 saturated heterocycles. The molecule has 0 aliphatic heterocycles. The number of hydrogen-bond donors (Lipinski definition) is 1. The summed E-state index contributed by atoms with van der Waals surface area (Å²) in [6, 6.07) is 9.19. The van der Waals surface area contributed by atoms with Gasteiger partial charge in [0.25, 0.3) is 0 Å². The molecule has 2 heterocycles. The van der Waals surface area contributed by atoms with Gasteiger partial charge in [0, 0.05) is 19.8 Å². The minimum Gasteiger partial charge on any atom is -0.459 e. The Morgan fingerprint density at radius 2 is 2.00 bits per heavy atom. The summed E-state index contributed by atoms with van der Waals surface area (Å²) in [7, 11) is 0. The van der Waals surface area contributed by atoms with Crippen LogP contribution < -0.4 is 5.73 Å². The lowest BCUT2D eigenvalue weighted by Crippen LogP contribution is -2.08. The van der Waals surface area contributed by atoms with Gasteiger partial charge in [-0.1, -0.05) is 11.6 Å². The molecule has 0 aliphatic carbocycles. The zero-order chi connectivity index (χ0) is 13.6. The minimum absolute atomic E-state index is 0.279. The highest BCUT2D eigenvalue weighted by Crippen LogP contribution is 2.38. The second-order valence-corrected chi connectivity index (χ2v) is 7.77. The fraction of sp³-hybridized carbons (Fsp3) is 0.0769. The molecular formula is C13H8Br2ClNOS. The van der Waals surface area contributed by atoms with Crippen LogP contribution in [0, 0.1) is 0 Å². The summed E-state index contributed by atoms with van der Waals surface area (Å²) in [5.74, 6) is 0.735. The van der Waals surface area contributed by atoms with Crippen LogP contribution in [0.25, 0.3) is 11.0 Å². The summed E-state index contributed by atoms with van der Waals surface area (Å²) < 4.78 is 7.81. The Morgan fingerprint density at radius 3 is 2.68 bits per heavy atom. The van der Waals surface area contributed by atoms with E-state index in [2.05, 4.69) is 31.9 Å². The van der Waals surface area contributed by atoms with Crippen LogP contribution in [-0.4, -0.2) is 0 Å². The van der Waals surface area contributed by atoms with Crippen LogP contribution >= 0.6 is 54.8 Å². The topological polar surface area (TPSA) is 39.2 Å². The second kappa shape index (κ2) is 5.22. The maximum absolute atomic E-state index is 6.24. The smallest absolute Gasteiger partial charge is 0.134 e. The molecule has 98 valence electrons. The first-order valence-electron chi connectivity index (χ1n) is 5.44. The van der Waals surface area contributed by atoms with Crippen molar-refractivity contribution in [1.82, 2.24) is 0 Å². The largest absolute Gasteiger partial charge is 0.459 e. The Kier molecular flexibility index (Phi) is 3.75. The summed E-state index contributed by atoms with van der Waals surface area (Å²) >= 11 is 14.5. The maximum atomic E-state index is 6.24. The fourth-order valence-electron chi connectivity index (χ4n) is 1.84. The molecule has 2 nitrogen and oxygen atoms in total. The number of nitrogens with two attached hydrogens (primary N) is 1. The highest BCUT2D eigenvalue weighted by molar-refractivity contribution is 9.13. The third kappa shape index (κ3) is 2.62. The molecule has 0 radical (unpaired) electrons. The number of hydrogen-bond acceptors (Lipinski definition) is 3. The molecule has 2 N–H and O–H groups in total. The number of rotatable bonds is 2. The molecule has 6 heteroatoms. The Hall–Kier alpha value is -0.330. The molecular weight excluding hydrogens is 413 g/mol. The van der Waals surface area contributed by atoms with E-state index in [0.717, 1.165) is 29.9 Å². The van der Waals surface area contributed by atoms with E-state index >= 15 is 0 Å². The zero-order valence-corrected chi connectivity index (χ0v) is 14.2. The molecule has 0 spiro atoms. The van der Waals surface area contributed by atoms with Gasteiger partial charge in [-0.2, -0.15) is 0 Å². The van der Waals surface area contributed by atoms with Crippen molar-refractivity contribution in [2.75, 3.05) is 0 Å². The first-order valence-corrected chi connectivity index (χ1v) is 8.22. The van der Waals surface area contributed by atoms with E-state index in [-0.39, 0.29) is 6.04 Å². The van der Waals surface area contributed by atoms with Crippen LogP contribution in [-0.2, 0) is 0 Å². The predicted octanol–water partition coefficient (Wildman–Crippen LogP) is 5.72. The van der Waals surface area contributed by atoms with Gasteiger partial charge in [-0.15, -0.1) is 11.3 Å². The van der Waals surface area contributed by atoms with Crippen molar-refractivity contribution in [2.45, 2.75) is 6.04 Å². The zero-order valence-electron chi connectivity index (χ0n) is 9.49. The quantitative estimate of drug-likeness (QED) is 0.575. The van der Waals surface area contributed by atoms with Crippen LogP contribution in [0.5, 0.6) is 0 Å². The van der Waals surface area contributed by atoms with Crippen molar-refractivity contribution >= 4 is 65.8 Å². The molecule has 19 heavy (non-hydrogen) atoms. The number of furan rings is 1. The van der Waals surface area contributed by atoms with Crippen molar-refractivity contribution in [3.63, 3.8) is 0 Å². The molecule has 2 aromatic heterocycles. The second-order valence-electron chi connectivity index (χ2n) is 4.08. The van der Waals surface area contributed by atoms with E-state index < -0.39 is 0 Å².